The number of aromatic amines is 1. The molecule has 0 aliphatic carbocycles. The molecular formula is C12H19ClN4O3. The van der Waals surface area contributed by atoms with Crippen LogP contribution in [0, 0.1) is 0 Å². The number of H-pyrrole nitrogens is 1. The second-order valence-electron chi connectivity index (χ2n) is 4.75. The summed E-state index contributed by atoms with van der Waals surface area (Å²) in [4.78, 5) is 39.5. The summed E-state index contributed by atoms with van der Waals surface area (Å²) >= 11 is 0. The molecule has 0 radical (unpaired) electrons. The topological polar surface area (TPSA) is 87.2 Å². The predicted octanol–water partition coefficient (Wildman–Crippen LogP) is -0.681. The first kappa shape index (κ1) is 16.5. The van der Waals surface area contributed by atoms with Gasteiger partial charge < -0.3 is 15.2 Å². The molecule has 1 aromatic heterocycles. The summed E-state index contributed by atoms with van der Waals surface area (Å²) in [5, 5.41) is 3.14. The zero-order valence-corrected chi connectivity index (χ0v) is 12.3. The molecule has 112 valence electrons. The quantitative estimate of drug-likeness (QED) is 0.758. The normalized spacial score (nSPS) is 18.5. The Kier molecular flexibility index (Phi) is 5.52. The molecule has 2 rings (SSSR count). The lowest BCUT2D eigenvalue weighted by molar-refractivity contribution is 0.0695. The Morgan fingerprint density at radius 3 is 2.80 bits per heavy atom. The zero-order chi connectivity index (χ0) is 14.0. The lowest BCUT2D eigenvalue weighted by Crippen LogP contribution is -2.49. The second-order valence-corrected chi connectivity index (χ2v) is 4.75. The van der Waals surface area contributed by atoms with Crippen molar-refractivity contribution in [2.45, 2.75) is 18.9 Å². The van der Waals surface area contributed by atoms with E-state index in [0.717, 1.165) is 17.4 Å². The molecule has 0 saturated carbocycles. The van der Waals surface area contributed by atoms with Crippen LogP contribution in [0.15, 0.2) is 15.8 Å². The van der Waals surface area contributed by atoms with E-state index in [2.05, 4.69) is 10.3 Å². The minimum Gasteiger partial charge on any atom is -0.337 e. The zero-order valence-electron chi connectivity index (χ0n) is 11.5. The Balaban J connectivity index is 0.00000200. The van der Waals surface area contributed by atoms with Gasteiger partial charge in [0, 0.05) is 32.4 Å². The molecule has 1 unspecified atom stereocenters. The Labute approximate surface area is 122 Å². The molecule has 1 aromatic rings. The highest BCUT2D eigenvalue weighted by Crippen LogP contribution is 2.11. The number of likely N-dealkylation sites (N-methyl/N-ethyl adjacent to an activating group) is 1. The fraction of sp³-hybridized carbons (Fsp3) is 0.583. The summed E-state index contributed by atoms with van der Waals surface area (Å²) in [6.45, 7) is 1.22. The second kappa shape index (κ2) is 6.71. The summed E-state index contributed by atoms with van der Waals surface area (Å²) in [5.41, 5.74) is -1.06. The van der Waals surface area contributed by atoms with Crippen molar-refractivity contribution < 1.29 is 4.79 Å². The first-order chi connectivity index (χ1) is 9.04. The van der Waals surface area contributed by atoms with E-state index in [1.165, 1.54) is 13.2 Å². The van der Waals surface area contributed by atoms with E-state index in [1.807, 2.05) is 7.05 Å². The number of piperidine rings is 1. The van der Waals surface area contributed by atoms with Crippen molar-refractivity contribution in [1.29, 1.82) is 0 Å². The summed E-state index contributed by atoms with van der Waals surface area (Å²) in [6, 6.07) is 0.254. The number of hydrogen-bond donors (Lipinski definition) is 2. The molecule has 8 heteroatoms. The van der Waals surface area contributed by atoms with Crippen molar-refractivity contribution in [3.8, 4) is 0 Å². The molecule has 2 heterocycles. The van der Waals surface area contributed by atoms with E-state index in [1.54, 1.807) is 4.90 Å². The third kappa shape index (κ3) is 3.10. The summed E-state index contributed by atoms with van der Waals surface area (Å²) in [7, 11) is 3.21. The van der Waals surface area contributed by atoms with Crippen LogP contribution in [-0.4, -0.2) is 46.5 Å². The molecule has 1 saturated heterocycles. The third-order valence-corrected chi connectivity index (χ3v) is 3.53. The van der Waals surface area contributed by atoms with Gasteiger partial charge in [-0.05, 0) is 19.9 Å². The highest BCUT2D eigenvalue weighted by Gasteiger charge is 2.25. The molecule has 0 aromatic carbocycles. The van der Waals surface area contributed by atoms with Gasteiger partial charge in [-0.15, -0.1) is 12.4 Å². The van der Waals surface area contributed by atoms with Gasteiger partial charge in [-0.1, -0.05) is 0 Å². The lowest BCUT2D eigenvalue weighted by Gasteiger charge is -2.32. The maximum absolute atomic E-state index is 12.3. The molecule has 7 nitrogen and oxygen atoms in total. The van der Waals surface area contributed by atoms with E-state index < -0.39 is 11.2 Å². The largest absolute Gasteiger partial charge is 0.337 e. The van der Waals surface area contributed by atoms with Gasteiger partial charge in [0.25, 0.3) is 11.5 Å². The first-order valence-corrected chi connectivity index (χ1v) is 6.30. The molecular weight excluding hydrogens is 284 g/mol. The number of carbonyl (C=O) groups is 1. The van der Waals surface area contributed by atoms with Crippen molar-refractivity contribution >= 4 is 18.3 Å². The summed E-state index contributed by atoms with van der Waals surface area (Å²) < 4.78 is 0.909. The van der Waals surface area contributed by atoms with E-state index in [0.29, 0.717) is 13.1 Å². The van der Waals surface area contributed by atoms with Gasteiger partial charge in [-0.2, -0.15) is 0 Å². The van der Waals surface area contributed by atoms with Crippen molar-refractivity contribution in [2.75, 3.05) is 20.1 Å². The number of hydrogen-bond acceptors (Lipinski definition) is 4. The minimum absolute atomic E-state index is 0. The fourth-order valence-corrected chi connectivity index (χ4v) is 2.29. The number of nitrogens with zero attached hydrogens (tertiary/aromatic N) is 2. The minimum atomic E-state index is -0.555. The van der Waals surface area contributed by atoms with Crippen molar-refractivity contribution in [2.24, 2.45) is 7.05 Å². The number of amides is 1. The van der Waals surface area contributed by atoms with Gasteiger partial charge in [0.15, 0.2) is 0 Å². The number of aromatic nitrogens is 2. The van der Waals surface area contributed by atoms with E-state index >= 15 is 0 Å². The van der Waals surface area contributed by atoms with Crippen LogP contribution in [0.2, 0.25) is 0 Å². The molecule has 1 aliphatic heterocycles. The van der Waals surface area contributed by atoms with Crippen LogP contribution in [-0.2, 0) is 7.05 Å². The molecule has 0 spiro atoms. The number of likely N-dealkylation sites (tertiary alicyclic amines) is 1. The number of nitrogens with one attached hydrogen (secondary N) is 2. The van der Waals surface area contributed by atoms with Crippen LogP contribution >= 0.6 is 12.4 Å². The Morgan fingerprint density at radius 2 is 2.15 bits per heavy atom. The maximum atomic E-state index is 12.3. The fourth-order valence-electron chi connectivity index (χ4n) is 2.29. The van der Waals surface area contributed by atoms with Gasteiger partial charge in [0.05, 0.1) is 0 Å². The monoisotopic (exact) mass is 302 g/mol. The molecule has 1 amide bonds. The van der Waals surface area contributed by atoms with Crippen molar-refractivity contribution in [3.63, 3.8) is 0 Å². The Bertz CT molecular complexity index is 595. The predicted molar refractivity (Wildman–Crippen MR) is 77.5 cm³/mol. The van der Waals surface area contributed by atoms with Gasteiger partial charge in [-0.25, -0.2) is 4.79 Å². The SMILES string of the molecule is CNC1CCCN(C(=O)c2c[nH]c(=O)n(C)c2=O)C1.Cl. The van der Waals surface area contributed by atoms with Crippen LogP contribution in [0.5, 0.6) is 0 Å². The van der Waals surface area contributed by atoms with Gasteiger partial charge in [0.1, 0.15) is 5.56 Å². The number of carbonyl (C=O) groups excluding carboxylic acids is 1. The molecule has 2 N–H and O–H groups in total. The molecule has 20 heavy (non-hydrogen) atoms. The highest BCUT2D eigenvalue weighted by atomic mass is 35.5. The molecule has 1 atom stereocenters. The van der Waals surface area contributed by atoms with Crippen molar-refractivity contribution in [1.82, 2.24) is 19.8 Å². The smallest absolute Gasteiger partial charge is 0.328 e. The molecule has 0 bridgehead atoms. The van der Waals surface area contributed by atoms with Crippen LogP contribution in [0.1, 0.15) is 23.2 Å². The van der Waals surface area contributed by atoms with Crippen LogP contribution < -0.4 is 16.6 Å². The first-order valence-electron chi connectivity index (χ1n) is 6.30. The summed E-state index contributed by atoms with van der Waals surface area (Å²) in [5.74, 6) is -0.322. The lowest BCUT2D eigenvalue weighted by atomic mass is 10.1. The summed E-state index contributed by atoms with van der Waals surface area (Å²) in [6.07, 6.45) is 3.13. The van der Waals surface area contributed by atoms with Gasteiger partial charge in [-0.3, -0.25) is 14.2 Å². The average Bonchev–Trinajstić information content (AvgIpc) is 2.44. The van der Waals surface area contributed by atoms with Crippen LogP contribution in [0.3, 0.4) is 0 Å². The van der Waals surface area contributed by atoms with Crippen LogP contribution in [0.25, 0.3) is 0 Å². The van der Waals surface area contributed by atoms with Crippen molar-refractivity contribution in [3.05, 3.63) is 32.6 Å². The number of halogens is 1. The maximum Gasteiger partial charge on any atom is 0.328 e. The molecule has 1 aliphatic rings. The van der Waals surface area contributed by atoms with E-state index in [4.69, 9.17) is 0 Å². The van der Waals surface area contributed by atoms with Gasteiger partial charge >= 0.3 is 5.69 Å². The van der Waals surface area contributed by atoms with E-state index in [-0.39, 0.29) is 29.9 Å². The van der Waals surface area contributed by atoms with Crippen LogP contribution in [0.4, 0.5) is 0 Å². The molecule has 1 fully saturated rings. The highest BCUT2D eigenvalue weighted by molar-refractivity contribution is 5.93. The third-order valence-electron chi connectivity index (χ3n) is 3.53. The standard InChI is InChI=1S/C12H18N4O3.ClH/c1-13-8-4-3-5-16(7-8)11(18)9-6-14-12(19)15(2)10(9)17;/h6,8,13H,3-5,7H2,1-2H3,(H,14,19);1H. The number of rotatable bonds is 2. The Morgan fingerprint density at radius 1 is 1.45 bits per heavy atom. The van der Waals surface area contributed by atoms with Gasteiger partial charge in [0.2, 0.25) is 0 Å². The Hall–Kier alpha value is -1.60. The average molecular weight is 303 g/mol. The van der Waals surface area contributed by atoms with E-state index in [9.17, 15) is 14.4 Å².